The molecule has 0 fully saturated rings. The van der Waals surface area contributed by atoms with Crippen LogP contribution >= 0.6 is 0 Å². The van der Waals surface area contributed by atoms with E-state index in [0.717, 1.165) is 17.5 Å². The van der Waals surface area contributed by atoms with E-state index in [0.29, 0.717) is 12.0 Å². The highest BCUT2D eigenvalue weighted by molar-refractivity contribution is 5.49. The molecule has 1 atom stereocenters. The number of hydrogen-bond donors (Lipinski definition) is 1. The van der Waals surface area contributed by atoms with Gasteiger partial charge in [-0.3, -0.25) is 0 Å². The molecule has 0 aliphatic carbocycles. The van der Waals surface area contributed by atoms with Gasteiger partial charge < -0.3 is 10.2 Å². The van der Waals surface area contributed by atoms with Crippen molar-refractivity contribution in [2.24, 2.45) is 0 Å². The van der Waals surface area contributed by atoms with Crippen LogP contribution in [0.1, 0.15) is 52.3 Å². The number of nitrogens with one attached hydrogen (secondary N) is 1. The molecule has 1 heterocycles. The van der Waals surface area contributed by atoms with Crippen LogP contribution in [0, 0.1) is 0 Å². The van der Waals surface area contributed by atoms with E-state index in [1.165, 1.54) is 12.8 Å². The lowest BCUT2D eigenvalue weighted by Gasteiger charge is -2.26. The average Bonchev–Trinajstić information content (AvgIpc) is 2.37. The van der Waals surface area contributed by atoms with Crippen LogP contribution in [0.3, 0.4) is 0 Å². The monoisotopic (exact) mass is 250 g/mol. The molecule has 0 radical (unpaired) electrons. The summed E-state index contributed by atoms with van der Waals surface area (Å²) in [6.45, 7) is 8.69. The molecule has 0 saturated carbocycles. The van der Waals surface area contributed by atoms with E-state index in [1.54, 1.807) is 0 Å². The SMILES string of the molecule is CCCC(C)N(C)c1cc(NC)nc(C(C)C)n1. The molecule has 0 aromatic carbocycles. The van der Waals surface area contributed by atoms with Crippen molar-refractivity contribution >= 4 is 11.6 Å². The average molecular weight is 250 g/mol. The summed E-state index contributed by atoms with van der Waals surface area (Å²) in [5.74, 6) is 3.12. The van der Waals surface area contributed by atoms with Gasteiger partial charge in [0.25, 0.3) is 0 Å². The Morgan fingerprint density at radius 1 is 1.28 bits per heavy atom. The number of aromatic nitrogens is 2. The van der Waals surface area contributed by atoms with Crippen molar-refractivity contribution in [3.63, 3.8) is 0 Å². The molecular formula is C14H26N4. The fraction of sp³-hybridized carbons (Fsp3) is 0.714. The Hall–Kier alpha value is -1.32. The van der Waals surface area contributed by atoms with Crippen molar-refractivity contribution in [2.45, 2.75) is 52.5 Å². The largest absolute Gasteiger partial charge is 0.373 e. The Bertz CT molecular complexity index is 376. The van der Waals surface area contributed by atoms with Gasteiger partial charge in [0, 0.05) is 32.1 Å². The Labute approximate surface area is 111 Å². The van der Waals surface area contributed by atoms with Gasteiger partial charge in [-0.05, 0) is 13.3 Å². The van der Waals surface area contributed by atoms with Crippen LogP contribution in [-0.4, -0.2) is 30.1 Å². The second-order valence-corrected chi connectivity index (χ2v) is 5.12. The second kappa shape index (κ2) is 6.57. The first-order valence-corrected chi connectivity index (χ1v) is 6.79. The molecule has 0 bridgehead atoms. The number of hydrogen-bond acceptors (Lipinski definition) is 4. The summed E-state index contributed by atoms with van der Waals surface area (Å²) in [5, 5.41) is 3.11. The molecule has 1 N–H and O–H groups in total. The van der Waals surface area contributed by atoms with Gasteiger partial charge >= 0.3 is 0 Å². The molecule has 0 amide bonds. The maximum atomic E-state index is 4.66. The van der Waals surface area contributed by atoms with Crippen LogP contribution in [0.25, 0.3) is 0 Å². The normalized spacial score (nSPS) is 12.6. The van der Waals surface area contributed by atoms with E-state index < -0.39 is 0 Å². The third-order valence-corrected chi connectivity index (χ3v) is 3.23. The fourth-order valence-corrected chi connectivity index (χ4v) is 1.86. The molecule has 0 spiro atoms. The van der Waals surface area contributed by atoms with Crippen molar-refractivity contribution in [3.8, 4) is 0 Å². The third kappa shape index (κ3) is 3.59. The number of rotatable bonds is 6. The zero-order valence-electron chi connectivity index (χ0n) is 12.5. The maximum absolute atomic E-state index is 4.66. The van der Waals surface area contributed by atoms with Gasteiger partial charge in [0.05, 0.1) is 0 Å². The van der Waals surface area contributed by atoms with Gasteiger partial charge in [-0.2, -0.15) is 0 Å². The Kier molecular flexibility index (Phi) is 5.38. The zero-order chi connectivity index (χ0) is 13.7. The standard InChI is InChI=1S/C14H26N4/c1-7-8-11(4)18(6)13-9-12(15-5)16-14(17-13)10(2)3/h9-11H,7-8H2,1-6H3,(H,15,16,17). The minimum Gasteiger partial charge on any atom is -0.373 e. The maximum Gasteiger partial charge on any atom is 0.135 e. The minimum atomic E-state index is 0.340. The van der Waals surface area contributed by atoms with Crippen molar-refractivity contribution in [3.05, 3.63) is 11.9 Å². The van der Waals surface area contributed by atoms with Gasteiger partial charge in [-0.25, -0.2) is 9.97 Å². The lowest BCUT2D eigenvalue weighted by Crippen LogP contribution is -2.29. The molecule has 1 unspecified atom stereocenters. The topological polar surface area (TPSA) is 41.0 Å². The summed E-state index contributed by atoms with van der Waals surface area (Å²) in [5.41, 5.74) is 0. The Morgan fingerprint density at radius 3 is 2.44 bits per heavy atom. The van der Waals surface area contributed by atoms with Gasteiger partial charge in [-0.15, -0.1) is 0 Å². The van der Waals surface area contributed by atoms with Gasteiger partial charge in [-0.1, -0.05) is 27.2 Å². The molecule has 1 aromatic rings. The van der Waals surface area contributed by atoms with Crippen molar-refractivity contribution in [2.75, 3.05) is 24.3 Å². The highest BCUT2D eigenvalue weighted by Crippen LogP contribution is 2.21. The number of anilines is 2. The van der Waals surface area contributed by atoms with E-state index in [-0.39, 0.29) is 0 Å². The van der Waals surface area contributed by atoms with Crippen molar-refractivity contribution in [1.29, 1.82) is 0 Å². The van der Waals surface area contributed by atoms with Gasteiger partial charge in [0.2, 0.25) is 0 Å². The summed E-state index contributed by atoms with van der Waals surface area (Å²) in [4.78, 5) is 11.4. The molecule has 0 saturated heterocycles. The number of nitrogens with zero attached hydrogens (tertiary/aromatic N) is 3. The molecule has 4 nitrogen and oxygen atoms in total. The molecule has 18 heavy (non-hydrogen) atoms. The first-order valence-electron chi connectivity index (χ1n) is 6.79. The summed E-state index contributed by atoms with van der Waals surface area (Å²) < 4.78 is 0. The third-order valence-electron chi connectivity index (χ3n) is 3.23. The van der Waals surface area contributed by atoms with E-state index >= 15 is 0 Å². The fourth-order valence-electron chi connectivity index (χ4n) is 1.86. The minimum absolute atomic E-state index is 0.340. The summed E-state index contributed by atoms with van der Waals surface area (Å²) >= 11 is 0. The molecule has 102 valence electrons. The van der Waals surface area contributed by atoms with Crippen molar-refractivity contribution < 1.29 is 0 Å². The molecule has 1 aromatic heterocycles. The van der Waals surface area contributed by atoms with Crippen LogP contribution in [0.4, 0.5) is 11.6 Å². The van der Waals surface area contributed by atoms with E-state index in [4.69, 9.17) is 0 Å². The Morgan fingerprint density at radius 2 is 1.94 bits per heavy atom. The van der Waals surface area contributed by atoms with Crippen LogP contribution < -0.4 is 10.2 Å². The first-order chi connectivity index (χ1) is 8.49. The molecule has 0 aliphatic heterocycles. The first kappa shape index (κ1) is 14.7. The highest BCUT2D eigenvalue weighted by atomic mass is 15.2. The lowest BCUT2D eigenvalue weighted by atomic mass is 10.1. The highest BCUT2D eigenvalue weighted by Gasteiger charge is 2.14. The van der Waals surface area contributed by atoms with E-state index in [9.17, 15) is 0 Å². The van der Waals surface area contributed by atoms with Crippen LogP contribution in [0.5, 0.6) is 0 Å². The van der Waals surface area contributed by atoms with Gasteiger partial charge in [0.1, 0.15) is 17.5 Å². The zero-order valence-corrected chi connectivity index (χ0v) is 12.5. The van der Waals surface area contributed by atoms with Crippen LogP contribution in [-0.2, 0) is 0 Å². The quantitative estimate of drug-likeness (QED) is 0.841. The van der Waals surface area contributed by atoms with Crippen LogP contribution in [0.15, 0.2) is 6.07 Å². The van der Waals surface area contributed by atoms with E-state index in [2.05, 4.69) is 54.9 Å². The summed E-state index contributed by atoms with van der Waals surface area (Å²) in [6, 6.07) is 2.51. The Balaban J connectivity index is 3.03. The molecular weight excluding hydrogens is 224 g/mol. The predicted octanol–water partition coefficient (Wildman–Crippen LogP) is 3.27. The van der Waals surface area contributed by atoms with E-state index in [1.807, 2.05) is 13.1 Å². The smallest absolute Gasteiger partial charge is 0.135 e. The molecule has 1 rings (SSSR count). The lowest BCUT2D eigenvalue weighted by molar-refractivity contribution is 0.608. The van der Waals surface area contributed by atoms with Crippen LogP contribution in [0.2, 0.25) is 0 Å². The van der Waals surface area contributed by atoms with Crippen molar-refractivity contribution in [1.82, 2.24) is 9.97 Å². The predicted molar refractivity (Wildman–Crippen MR) is 78.4 cm³/mol. The summed E-state index contributed by atoms with van der Waals surface area (Å²) in [7, 11) is 4.00. The molecule has 4 heteroatoms. The summed E-state index contributed by atoms with van der Waals surface area (Å²) in [6.07, 6.45) is 2.36. The molecule has 0 aliphatic rings. The second-order valence-electron chi connectivity index (χ2n) is 5.12. The van der Waals surface area contributed by atoms with Gasteiger partial charge in [0.15, 0.2) is 0 Å².